The molecule has 0 fully saturated rings. The molecular weight excluding hydrogens is 294 g/mol. The number of pyridine rings is 1. The molecule has 1 rings (SSSR count). The van der Waals surface area contributed by atoms with Crippen molar-refractivity contribution in [3.63, 3.8) is 0 Å². The van der Waals surface area contributed by atoms with Crippen LogP contribution in [0.5, 0.6) is 0 Å². The van der Waals surface area contributed by atoms with Gasteiger partial charge in [0.25, 0.3) is 0 Å². The zero-order valence-corrected chi connectivity index (χ0v) is 13.5. The highest BCUT2D eigenvalue weighted by Gasteiger charge is 2.19. The summed E-state index contributed by atoms with van der Waals surface area (Å²) in [5, 5.41) is 3.10. The van der Waals surface area contributed by atoms with Gasteiger partial charge < -0.3 is 10.1 Å². The Morgan fingerprint density at radius 2 is 2.14 bits per heavy atom. The molecule has 0 amide bonds. The number of nitrogens with zero attached hydrogens (tertiary/aromatic N) is 2. The van der Waals surface area contributed by atoms with Crippen molar-refractivity contribution < 1.29 is 17.9 Å². The van der Waals surface area contributed by atoms with Gasteiger partial charge in [0.05, 0.1) is 30.8 Å². The quantitative estimate of drug-likeness (QED) is 0.605. The number of sulfonamides is 1. The molecule has 0 saturated heterocycles. The monoisotopic (exact) mass is 315 g/mol. The van der Waals surface area contributed by atoms with Crippen LogP contribution < -0.4 is 9.62 Å². The second-order valence-electron chi connectivity index (χ2n) is 4.59. The normalized spacial score (nSPS) is 11.0. The van der Waals surface area contributed by atoms with E-state index in [1.54, 1.807) is 0 Å². The number of unbranched alkanes of at least 4 members (excludes halogenated alkanes) is 1. The molecule has 1 N–H and O–H groups in total. The highest BCUT2D eigenvalue weighted by molar-refractivity contribution is 7.92. The summed E-state index contributed by atoms with van der Waals surface area (Å²) < 4.78 is 28.8. The summed E-state index contributed by atoms with van der Waals surface area (Å²) in [5.41, 5.74) is 0.787. The van der Waals surface area contributed by atoms with E-state index in [4.69, 9.17) is 4.74 Å². The first-order chi connectivity index (χ1) is 9.81. The number of carbonyl (C=O) groups excluding carboxylic acids is 1. The Balaban J connectivity index is 3.15. The maximum Gasteiger partial charge on any atom is 0.340 e. The minimum absolute atomic E-state index is 0.166. The van der Waals surface area contributed by atoms with E-state index in [-0.39, 0.29) is 11.4 Å². The van der Waals surface area contributed by atoms with Crippen LogP contribution in [0.15, 0.2) is 12.3 Å². The zero-order valence-electron chi connectivity index (χ0n) is 12.7. The average molecular weight is 315 g/mol. The van der Waals surface area contributed by atoms with Gasteiger partial charge in [-0.15, -0.1) is 0 Å². The van der Waals surface area contributed by atoms with Gasteiger partial charge in [0.15, 0.2) is 0 Å². The van der Waals surface area contributed by atoms with Crippen molar-refractivity contribution in [3.05, 3.63) is 17.8 Å². The summed E-state index contributed by atoms with van der Waals surface area (Å²) in [6.07, 6.45) is 4.48. The first-order valence-electron chi connectivity index (χ1n) is 6.57. The minimum atomic E-state index is -3.44. The predicted molar refractivity (Wildman–Crippen MR) is 82.2 cm³/mol. The Labute approximate surface area is 125 Å². The number of aromatic nitrogens is 1. The first kappa shape index (κ1) is 17.2. The number of anilines is 2. The minimum Gasteiger partial charge on any atom is -0.465 e. The summed E-state index contributed by atoms with van der Waals surface area (Å²) >= 11 is 0. The van der Waals surface area contributed by atoms with Crippen molar-refractivity contribution in [2.45, 2.75) is 19.8 Å². The van der Waals surface area contributed by atoms with E-state index in [2.05, 4.69) is 17.2 Å². The van der Waals surface area contributed by atoms with Gasteiger partial charge in [0.1, 0.15) is 5.82 Å². The van der Waals surface area contributed by atoms with E-state index < -0.39 is 16.0 Å². The third-order valence-electron chi connectivity index (χ3n) is 2.96. The number of hydrogen-bond acceptors (Lipinski definition) is 6. The lowest BCUT2D eigenvalue weighted by atomic mass is 10.2. The molecule has 0 aliphatic carbocycles. The van der Waals surface area contributed by atoms with Gasteiger partial charge in [-0.25, -0.2) is 18.2 Å². The second-order valence-corrected chi connectivity index (χ2v) is 6.60. The summed E-state index contributed by atoms with van der Waals surface area (Å²) in [6.45, 7) is 2.76. The lowest BCUT2D eigenvalue weighted by Crippen LogP contribution is -2.26. The van der Waals surface area contributed by atoms with Crippen LogP contribution in [0.4, 0.5) is 11.5 Å². The van der Waals surface area contributed by atoms with Crippen LogP contribution in [0.1, 0.15) is 30.1 Å². The zero-order chi connectivity index (χ0) is 16.0. The van der Waals surface area contributed by atoms with Crippen LogP contribution in [0, 0.1) is 0 Å². The van der Waals surface area contributed by atoms with Gasteiger partial charge in [0, 0.05) is 13.6 Å². The molecule has 1 aromatic heterocycles. The maximum atomic E-state index is 11.8. The maximum absolute atomic E-state index is 11.8. The molecule has 21 heavy (non-hydrogen) atoms. The topological polar surface area (TPSA) is 88.6 Å². The van der Waals surface area contributed by atoms with E-state index in [0.29, 0.717) is 12.2 Å². The molecule has 0 atom stereocenters. The van der Waals surface area contributed by atoms with Gasteiger partial charge in [-0.05, 0) is 12.5 Å². The van der Waals surface area contributed by atoms with Gasteiger partial charge in [-0.1, -0.05) is 13.3 Å². The number of esters is 1. The van der Waals surface area contributed by atoms with Gasteiger partial charge in [-0.2, -0.15) is 0 Å². The standard InChI is InChI=1S/C13H21N3O4S/c1-5-6-7-14-11-9-15-12(16(2)21(4,18)19)8-10(11)13(17)20-3/h8-9,14H,5-7H2,1-4H3. The van der Waals surface area contributed by atoms with Crippen LogP contribution in [0.3, 0.4) is 0 Å². The lowest BCUT2D eigenvalue weighted by Gasteiger charge is -2.17. The van der Waals surface area contributed by atoms with Crippen LogP contribution >= 0.6 is 0 Å². The van der Waals surface area contributed by atoms with Crippen molar-refractivity contribution in [1.29, 1.82) is 0 Å². The first-order valence-corrected chi connectivity index (χ1v) is 8.42. The Morgan fingerprint density at radius 3 is 2.67 bits per heavy atom. The molecule has 0 aromatic carbocycles. The molecular formula is C13H21N3O4S. The van der Waals surface area contributed by atoms with E-state index in [9.17, 15) is 13.2 Å². The highest BCUT2D eigenvalue weighted by Crippen LogP contribution is 2.22. The van der Waals surface area contributed by atoms with E-state index in [1.165, 1.54) is 26.4 Å². The summed E-state index contributed by atoms with van der Waals surface area (Å²) in [6, 6.07) is 1.40. The third kappa shape index (κ3) is 4.59. The van der Waals surface area contributed by atoms with Gasteiger partial charge in [-0.3, -0.25) is 4.31 Å². The Morgan fingerprint density at radius 1 is 1.48 bits per heavy atom. The fraction of sp³-hybridized carbons (Fsp3) is 0.538. The number of ether oxygens (including phenoxy) is 1. The van der Waals surface area contributed by atoms with Crippen molar-refractivity contribution in [2.75, 3.05) is 36.6 Å². The molecule has 1 heterocycles. The second kappa shape index (κ2) is 7.26. The van der Waals surface area contributed by atoms with Crippen LogP contribution in [0.2, 0.25) is 0 Å². The van der Waals surface area contributed by atoms with Crippen molar-refractivity contribution in [1.82, 2.24) is 4.98 Å². The molecule has 1 aromatic rings. The molecule has 0 spiro atoms. The fourth-order valence-electron chi connectivity index (χ4n) is 1.61. The van der Waals surface area contributed by atoms with E-state index >= 15 is 0 Å². The van der Waals surface area contributed by atoms with E-state index in [1.807, 2.05) is 0 Å². The molecule has 8 heteroatoms. The van der Waals surface area contributed by atoms with E-state index in [0.717, 1.165) is 23.4 Å². The van der Waals surface area contributed by atoms with Crippen molar-refractivity contribution in [3.8, 4) is 0 Å². The summed E-state index contributed by atoms with van der Waals surface area (Å²) in [7, 11) is -0.786. The van der Waals surface area contributed by atoms with Crippen LogP contribution in [-0.4, -0.2) is 46.3 Å². The third-order valence-corrected chi connectivity index (χ3v) is 4.14. The molecule has 7 nitrogen and oxygen atoms in total. The molecule has 0 saturated carbocycles. The van der Waals surface area contributed by atoms with Crippen LogP contribution in [-0.2, 0) is 14.8 Å². The molecule has 118 valence electrons. The Kier molecular flexibility index (Phi) is 5.95. The Hall–Kier alpha value is -1.83. The molecule has 0 radical (unpaired) electrons. The number of carbonyl (C=O) groups is 1. The largest absolute Gasteiger partial charge is 0.465 e. The predicted octanol–water partition coefficient (Wildman–Crippen LogP) is 1.48. The Bertz CT molecular complexity index is 601. The van der Waals surface area contributed by atoms with Gasteiger partial charge >= 0.3 is 5.97 Å². The lowest BCUT2D eigenvalue weighted by molar-refractivity contribution is 0.0601. The molecule has 0 unspecified atom stereocenters. The number of nitrogens with one attached hydrogen (secondary N) is 1. The number of methoxy groups -OCH3 is 1. The smallest absolute Gasteiger partial charge is 0.340 e. The van der Waals surface area contributed by atoms with Crippen molar-refractivity contribution >= 4 is 27.5 Å². The molecule has 0 aliphatic rings. The number of rotatable bonds is 7. The summed E-state index contributed by atoms with van der Waals surface area (Å²) in [4.78, 5) is 15.9. The number of hydrogen-bond donors (Lipinski definition) is 1. The van der Waals surface area contributed by atoms with Gasteiger partial charge in [0.2, 0.25) is 10.0 Å². The average Bonchev–Trinajstić information content (AvgIpc) is 2.45. The van der Waals surface area contributed by atoms with Crippen LogP contribution in [0.25, 0.3) is 0 Å². The van der Waals surface area contributed by atoms with Crippen molar-refractivity contribution in [2.24, 2.45) is 0 Å². The summed E-state index contributed by atoms with van der Waals surface area (Å²) in [5.74, 6) is -0.376. The molecule has 0 bridgehead atoms. The fourth-order valence-corrected chi connectivity index (χ4v) is 2.05. The SMILES string of the molecule is CCCCNc1cnc(N(C)S(C)(=O)=O)cc1C(=O)OC. The highest BCUT2D eigenvalue weighted by atomic mass is 32.2. The molecule has 0 aliphatic heterocycles.